The molecule has 0 unspecified atom stereocenters. The third kappa shape index (κ3) is 3.60. The van der Waals surface area contributed by atoms with Crippen molar-refractivity contribution < 1.29 is 4.43 Å². The van der Waals surface area contributed by atoms with Gasteiger partial charge in [-0.25, -0.2) is 0 Å². The Morgan fingerprint density at radius 1 is 0.800 bits per heavy atom. The van der Waals surface area contributed by atoms with Crippen molar-refractivity contribution in [2.75, 3.05) is 0 Å². The molecule has 0 N–H and O–H groups in total. The van der Waals surface area contributed by atoms with Gasteiger partial charge in [0.2, 0.25) is 0 Å². The summed E-state index contributed by atoms with van der Waals surface area (Å²) in [7, 11) is -1.54. The summed E-state index contributed by atoms with van der Waals surface area (Å²) >= 11 is 0. The molecule has 0 heterocycles. The first kappa shape index (κ1) is 26.5. The van der Waals surface area contributed by atoms with E-state index < -0.39 is 8.32 Å². The topological polar surface area (TPSA) is 9.23 Å². The molecule has 5 rings (SSSR count). The second kappa shape index (κ2) is 7.97. The van der Waals surface area contributed by atoms with Crippen LogP contribution in [0.15, 0.2) is 11.6 Å². The second-order valence-electron chi connectivity index (χ2n) is 16.9. The summed E-state index contributed by atoms with van der Waals surface area (Å²) < 4.78 is 6.87. The van der Waals surface area contributed by atoms with Gasteiger partial charge in [-0.3, -0.25) is 0 Å². The van der Waals surface area contributed by atoms with Crippen molar-refractivity contribution >= 4 is 8.32 Å². The Labute approximate surface area is 219 Å². The van der Waals surface area contributed by atoms with Gasteiger partial charge in [0.25, 0.3) is 0 Å². The Hall–Kier alpha value is -0.0831. The number of fused-ring (bicyclic) bond motifs is 7. The van der Waals surface area contributed by atoms with Crippen molar-refractivity contribution in [2.45, 2.75) is 139 Å². The first-order chi connectivity index (χ1) is 16.0. The molecule has 4 saturated carbocycles. The summed E-state index contributed by atoms with van der Waals surface area (Å²) in [6.45, 7) is 28.3. The first-order valence-electron chi connectivity index (χ1n) is 15.4. The maximum absolute atomic E-state index is 6.87. The van der Waals surface area contributed by atoms with Crippen molar-refractivity contribution in [3.8, 4) is 0 Å². The van der Waals surface area contributed by atoms with E-state index in [0.717, 1.165) is 29.6 Å². The monoisotopic (exact) mass is 498 g/mol. The zero-order valence-electron chi connectivity index (χ0n) is 25.3. The molecule has 0 saturated heterocycles. The van der Waals surface area contributed by atoms with Crippen LogP contribution >= 0.6 is 0 Å². The third-order valence-corrected chi connectivity index (χ3v) is 14.8. The fourth-order valence-corrected chi connectivity index (χ4v) is 12.7. The average molecular weight is 499 g/mol. The lowest BCUT2D eigenvalue weighted by molar-refractivity contribution is -0.201. The van der Waals surface area contributed by atoms with Gasteiger partial charge in [0, 0.05) is 0 Å². The largest absolute Gasteiger partial charge is 0.414 e. The molecular weight excluding hydrogens is 440 g/mol. The molecule has 5 aliphatic carbocycles. The van der Waals surface area contributed by atoms with Crippen molar-refractivity contribution in [1.29, 1.82) is 0 Å². The summed E-state index contributed by atoms with van der Waals surface area (Å²) in [6, 6.07) is 0. The maximum atomic E-state index is 6.87. The summed E-state index contributed by atoms with van der Waals surface area (Å²) in [5.74, 6) is 4.11. The van der Waals surface area contributed by atoms with E-state index in [2.05, 4.69) is 81.1 Å². The summed E-state index contributed by atoms with van der Waals surface area (Å²) in [5, 5.41) is 0. The summed E-state index contributed by atoms with van der Waals surface area (Å²) in [5.41, 5.74) is 3.99. The molecule has 4 fully saturated rings. The fraction of sp³-hybridized carbons (Fsp3) is 0.939. The number of rotatable bonds is 2. The number of hydrogen-bond donors (Lipinski definition) is 0. The number of allylic oxidation sites excluding steroid dienone is 2. The van der Waals surface area contributed by atoms with Crippen LogP contribution in [0.25, 0.3) is 0 Å². The van der Waals surface area contributed by atoms with Crippen LogP contribution in [-0.2, 0) is 4.43 Å². The Bertz CT molecular complexity index is 882. The smallest absolute Gasteiger partial charge is 0.184 e. The van der Waals surface area contributed by atoms with Crippen molar-refractivity contribution in [3.63, 3.8) is 0 Å². The van der Waals surface area contributed by atoms with Gasteiger partial charge in [-0.1, -0.05) is 67.0 Å². The van der Waals surface area contributed by atoms with Gasteiger partial charge >= 0.3 is 0 Å². The highest BCUT2D eigenvalue weighted by atomic mass is 28.4. The lowest BCUT2D eigenvalue weighted by atomic mass is 9.33. The Balaban J connectivity index is 1.52. The normalized spacial score (nSPS) is 53.5. The Morgan fingerprint density at radius 3 is 2.14 bits per heavy atom. The lowest BCUT2D eigenvalue weighted by Crippen LogP contribution is -2.65. The molecule has 0 bridgehead atoms. The molecule has 35 heavy (non-hydrogen) atoms. The van der Waals surface area contributed by atoms with Gasteiger partial charge in [-0.05, 0) is 134 Å². The molecule has 0 radical (unpaired) electrons. The first-order valence-corrected chi connectivity index (χ1v) is 18.8. The number of hydrogen-bond acceptors (Lipinski definition) is 1. The third-order valence-electron chi connectivity index (χ3n) is 13.8. The van der Waals surface area contributed by atoms with Crippen LogP contribution in [0.3, 0.4) is 0 Å². The van der Waals surface area contributed by atoms with Gasteiger partial charge in [0.05, 0.1) is 6.10 Å². The molecule has 200 valence electrons. The van der Waals surface area contributed by atoms with Crippen LogP contribution in [-0.4, -0.2) is 14.4 Å². The van der Waals surface area contributed by atoms with E-state index in [-0.39, 0.29) is 5.41 Å². The van der Waals surface area contributed by atoms with Gasteiger partial charge < -0.3 is 4.43 Å². The average Bonchev–Trinajstić information content (AvgIpc) is 2.73. The van der Waals surface area contributed by atoms with Crippen LogP contribution in [0.5, 0.6) is 0 Å². The molecular formula is C33H58OSi. The van der Waals surface area contributed by atoms with E-state index in [9.17, 15) is 0 Å². The molecule has 0 aromatic heterocycles. The molecule has 0 aliphatic heterocycles. The van der Waals surface area contributed by atoms with Crippen LogP contribution in [0, 0.1) is 56.7 Å². The zero-order chi connectivity index (χ0) is 25.8. The van der Waals surface area contributed by atoms with Crippen molar-refractivity contribution in [3.05, 3.63) is 11.6 Å². The minimum Gasteiger partial charge on any atom is -0.414 e. The van der Waals surface area contributed by atoms with Crippen LogP contribution in [0.1, 0.15) is 113 Å². The molecule has 0 amide bonds. The van der Waals surface area contributed by atoms with E-state index in [1.54, 1.807) is 0 Å². The van der Waals surface area contributed by atoms with E-state index >= 15 is 0 Å². The Morgan fingerprint density at radius 2 is 1.49 bits per heavy atom. The van der Waals surface area contributed by atoms with Gasteiger partial charge in [-0.2, -0.15) is 0 Å². The Kier molecular flexibility index (Phi) is 6.04. The fourth-order valence-electron chi connectivity index (χ4n) is 11.5. The quantitative estimate of drug-likeness (QED) is 0.272. The predicted octanol–water partition coefficient (Wildman–Crippen LogP) is 9.88. The van der Waals surface area contributed by atoms with Gasteiger partial charge in [-0.15, -0.1) is 0 Å². The van der Waals surface area contributed by atoms with E-state index in [0.29, 0.717) is 27.8 Å². The molecule has 10 atom stereocenters. The van der Waals surface area contributed by atoms with Crippen molar-refractivity contribution in [1.82, 2.24) is 0 Å². The highest BCUT2D eigenvalue weighted by molar-refractivity contribution is 6.69. The van der Waals surface area contributed by atoms with E-state index in [4.69, 9.17) is 4.43 Å². The maximum Gasteiger partial charge on any atom is 0.184 e. The molecule has 0 spiro atoms. The molecule has 0 aromatic rings. The minimum atomic E-state index is -1.54. The molecule has 5 aliphatic rings. The minimum absolute atomic E-state index is 0.276. The van der Waals surface area contributed by atoms with Gasteiger partial charge in [0.1, 0.15) is 0 Å². The van der Waals surface area contributed by atoms with Gasteiger partial charge in [0.15, 0.2) is 8.32 Å². The SMILES string of the molecule is C[C@H]1[C@H](C)CC[C@]2(C)CC[C@]3(C)C(=CC[C@@H]4[C@@]5(C)CC[C@@H](O[Si](C)(C)C)C(C)(C)[C@@H]5CC[C@]43C)[C@H]12. The highest BCUT2D eigenvalue weighted by Gasteiger charge is 2.68. The van der Waals surface area contributed by atoms with E-state index in [1.807, 2.05) is 5.57 Å². The van der Waals surface area contributed by atoms with Crippen LogP contribution in [0.2, 0.25) is 19.6 Å². The predicted molar refractivity (Wildman–Crippen MR) is 153 cm³/mol. The summed E-state index contributed by atoms with van der Waals surface area (Å²) in [4.78, 5) is 0. The summed E-state index contributed by atoms with van der Waals surface area (Å²) in [6.07, 6.45) is 15.8. The molecule has 2 heteroatoms. The van der Waals surface area contributed by atoms with Crippen molar-refractivity contribution in [2.24, 2.45) is 56.7 Å². The molecule has 0 aromatic carbocycles. The standard InChI is InChI=1S/C33H58OSi/c1-22-14-17-30(5)20-21-32(7)24(28(30)23(22)2)12-13-26-31(6)18-16-27(34-35(9,10)11)29(3,4)25(31)15-19-33(26,32)8/h12,22-23,25-28H,13-21H2,1-11H3/t22-,23+,25+,26-,27-,28+,30-,31+,32-,33-/m1/s1. The molecule has 1 nitrogen and oxygen atoms in total. The highest BCUT2D eigenvalue weighted by Crippen LogP contribution is 2.75. The lowest BCUT2D eigenvalue weighted by Gasteiger charge is -2.71. The van der Waals surface area contributed by atoms with Crippen LogP contribution < -0.4 is 0 Å². The zero-order valence-corrected chi connectivity index (χ0v) is 26.3. The second-order valence-corrected chi connectivity index (χ2v) is 21.3. The van der Waals surface area contributed by atoms with E-state index in [1.165, 1.54) is 57.8 Å². The van der Waals surface area contributed by atoms with Crippen LogP contribution in [0.4, 0.5) is 0 Å².